The highest BCUT2D eigenvalue weighted by Gasteiger charge is 2.55. The lowest BCUT2D eigenvalue weighted by Crippen LogP contribution is -2.71. The van der Waals surface area contributed by atoms with Crippen molar-refractivity contribution >= 4 is 57.6 Å². The first-order valence-corrected chi connectivity index (χ1v) is 14.8. The summed E-state index contributed by atoms with van der Waals surface area (Å²) >= 11 is 2.41. The number of hydrogen-bond acceptors (Lipinski definition) is 11. The van der Waals surface area contributed by atoms with Crippen LogP contribution in [0.1, 0.15) is 50.6 Å². The number of rotatable bonds is 9. The van der Waals surface area contributed by atoms with Gasteiger partial charge in [0.05, 0.1) is 6.07 Å². The number of nitrogen functional groups attached to an aromatic ring is 1. The molecule has 13 nitrogen and oxygen atoms in total. The largest absolute Gasteiger partial charge is 0.477 e. The van der Waals surface area contributed by atoms with Gasteiger partial charge in [-0.3, -0.25) is 19.3 Å². The summed E-state index contributed by atoms with van der Waals surface area (Å²) in [7, 11) is 0. The maximum Gasteiger partial charge on any atom is 0.352 e. The highest BCUT2D eigenvalue weighted by atomic mass is 32.2. The zero-order valence-electron chi connectivity index (χ0n) is 21.3. The average molecular weight is 586 g/mol. The van der Waals surface area contributed by atoms with Crippen LogP contribution in [0.4, 0.5) is 5.13 Å². The monoisotopic (exact) mass is 585 g/mol. The van der Waals surface area contributed by atoms with Crippen molar-refractivity contribution in [3.05, 3.63) is 33.5 Å². The van der Waals surface area contributed by atoms with Gasteiger partial charge in [0.1, 0.15) is 28.9 Å². The molecule has 4 heterocycles. The van der Waals surface area contributed by atoms with Crippen LogP contribution in [0.15, 0.2) is 33.0 Å². The number of hydrogen-bond donors (Lipinski definition) is 4. The Hall–Kier alpha value is -3.90. The summed E-state index contributed by atoms with van der Waals surface area (Å²) in [6.45, 7) is 0.422. The molecule has 3 aliphatic heterocycles. The molecule has 4 aliphatic rings. The van der Waals surface area contributed by atoms with E-state index in [1.807, 2.05) is 6.07 Å². The summed E-state index contributed by atoms with van der Waals surface area (Å²) in [6.07, 6.45) is 4.26. The Morgan fingerprint density at radius 2 is 2.12 bits per heavy atom. The lowest BCUT2D eigenvalue weighted by atomic mass is 9.92. The molecule has 15 heteroatoms. The molecule has 1 aromatic heterocycles. The molecule has 1 aliphatic carbocycles. The topological polar surface area (TPSA) is 200 Å². The van der Waals surface area contributed by atoms with Crippen LogP contribution < -0.4 is 16.4 Å². The molecule has 0 radical (unpaired) electrons. The quantitative estimate of drug-likeness (QED) is 0.141. The van der Waals surface area contributed by atoms with Crippen LogP contribution in [0.3, 0.4) is 0 Å². The molecule has 210 valence electrons. The lowest BCUT2D eigenvalue weighted by molar-refractivity contribution is -0.150. The van der Waals surface area contributed by atoms with E-state index in [9.17, 15) is 24.3 Å². The molecule has 0 bridgehead atoms. The van der Waals surface area contributed by atoms with Crippen molar-refractivity contribution in [3.8, 4) is 6.07 Å². The van der Waals surface area contributed by atoms with E-state index in [0.29, 0.717) is 29.7 Å². The number of β-lactam (4-membered cyclic amide) rings is 1. The number of carbonyl (C=O) groups excluding carboxylic acids is 3. The Bertz CT molecular complexity index is 1390. The summed E-state index contributed by atoms with van der Waals surface area (Å²) in [5, 5.41) is 29.9. The number of nitrogens with one attached hydrogen (secondary N) is 2. The Balaban J connectivity index is 1.40. The lowest BCUT2D eigenvalue weighted by Gasteiger charge is -2.49. The number of anilines is 1. The standard InChI is InChI=1S/C25H27N7O6S2/c26-8-3-6-13(14-7-9-28-20(14)33)15-10-39-23-18(22(35)32(23)19(15)24(36)37)30-21(34)17(16-11-40-25(27)29-16)31-38-12-4-1-2-5-12/h11-12,18,23H,1-7,9-10H2,(H2,27,29)(H,28,33)(H,30,34)(H,36,37)/t18-,23-/m1/s1. The molecular weight excluding hydrogens is 558 g/mol. The normalized spacial score (nSPS) is 24.3. The molecule has 40 heavy (non-hydrogen) atoms. The van der Waals surface area contributed by atoms with Crippen LogP contribution in [0.25, 0.3) is 0 Å². The third kappa shape index (κ3) is 5.28. The van der Waals surface area contributed by atoms with E-state index in [4.69, 9.17) is 15.8 Å². The predicted molar refractivity (Wildman–Crippen MR) is 146 cm³/mol. The first-order valence-electron chi connectivity index (χ1n) is 12.8. The molecule has 2 saturated heterocycles. The molecule has 0 spiro atoms. The van der Waals surface area contributed by atoms with Crippen LogP contribution in [-0.2, 0) is 24.0 Å². The molecule has 3 amide bonds. The van der Waals surface area contributed by atoms with Crippen molar-refractivity contribution in [2.75, 3.05) is 18.0 Å². The smallest absolute Gasteiger partial charge is 0.352 e. The molecule has 0 aromatic carbocycles. The second-order valence-electron chi connectivity index (χ2n) is 9.64. The maximum atomic E-state index is 13.3. The predicted octanol–water partition coefficient (Wildman–Crippen LogP) is 1.25. The van der Waals surface area contributed by atoms with Crippen molar-refractivity contribution in [3.63, 3.8) is 0 Å². The number of thiazole rings is 1. The third-order valence-corrected chi connectivity index (χ3v) is 9.14. The number of nitrogens with two attached hydrogens (primary N) is 1. The fraction of sp³-hybridized carbons (Fsp3) is 0.480. The van der Waals surface area contributed by atoms with Crippen LogP contribution >= 0.6 is 23.1 Å². The number of carbonyl (C=O) groups is 4. The minimum Gasteiger partial charge on any atom is -0.477 e. The van der Waals surface area contributed by atoms with Crippen LogP contribution in [0.5, 0.6) is 0 Å². The number of allylic oxidation sites excluding steroid dienone is 1. The van der Waals surface area contributed by atoms with E-state index < -0.39 is 29.2 Å². The van der Waals surface area contributed by atoms with E-state index >= 15 is 0 Å². The number of aliphatic carboxylic acids is 1. The highest BCUT2D eigenvalue weighted by Crippen LogP contribution is 2.44. The Labute approximate surface area is 237 Å². The second kappa shape index (κ2) is 11.7. The van der Waals surface area contributed by atoms with E-state index in [1.165, 1.54) is 11.8 Å². The zero-order valence-corrected chi connectivity index (χ0v) is 23.0. The van der Waals surface area contributed by atoms with Gasteiger partial charge in [-0.2, -0.15) is 5.26 Å². The van der Waals surface area contributed by atoms with Crippen molar-refractivity contribution in [2.24, 2.45) is 5.16 Å². The van der Waals surface area contributed by atoms with E-state index in [-0.39, 0.29) is 52.8 Å². The number of oxime groups is 1. The summed E-state index contributed by atoms with van der Waals surface area (Å²) in [5.41, 5.74) is 6.90. The van der Waals surface area contributed by atoms with Gasteiger partial charge >= 0.3 is 5.97 Å². The Morgan fingerprint density at radius 3 is 2.75 bits per heavy atom. The number of nitriles is 1. The fourth-order valence-corrected chi connectivity index (χ4v) is 7.19. The van der Waals surface area contributed by atoms with E-state index in [0.717, 1.165) is 41.9 Å². The maximum absolute atomic E-state index is 13.3. The SMILES string of the molecule is N#CCCC(=C1CCNC1=O)C1=C(C(=O)O)N2C(=O)[C@@H](NC(=O)C(=NOC3CCCC3)c3csc(N)n3)[C@H]2SC1. The summed E-state index contributed by atoms with van der Waals surface area (Å²) in [6, 6.07) is 1.03. The average Bonchev–Trinajstić information content (AvgIpc) is 3.70. The van der Waals surface area contributed by atoms with Gasteiger partial charge in [0.25, 0.3) is 11.8 Å². The molecule has 3 fully saturated rings. The number of carboxylic acids is 1. The van der Waals surface area contributed by atoms with Gasteiger partial charge in [-0.1, -0.05) is 5.16 Å². The molecule has 0 unspecified atom stereocenters. The number of fused-ring (bicyclic) bond motifs is 1. The molecule has 1 saturated carbocycles. The molecule has 5 N–H and O–H groups in total. The summed E-state index contributed by atoms with van der Waals surface area (Å²) < 4.78 is 0. The Kier molecular flexibility index (Phi) is 8.08. The van der Waals surface area contributed by atoms with Gasteiger partial charge in [0.2, 0.25) is 5.91 Å². The van der Waals surface area contributed by atoms with Crippen LogP contribution in [-0.4, -0.2) is 74.2 Å². The number of nitrogens with zero attached hydrogens (tertiary/aromatic N) is 4. The van der Waals surface area contributed by atoms with Gasteiger partial charge in [0, 0.05) is 29.7 Å². The van der Waals surface area contributed by atoms with E-state index in [1.54, 1.807) is 5.38 Å². The number of thioether (sulfide) groups is 1. The molecule has 2 atom stereocenters. The number of aromatic nitrogens is 1. The first-order chi connectivity index (χ1) is 19.3. The molecule has 1 aromatic rings. The minimum atomic E-state index is -1.32. The third-order valence-electron chi connectivity index (χ3n) is 7.18. The Morgan fingerprint density at radius 1 is 1.35 bits per heavy atom. The molecule has 5 rings (SSSR count). The van der Waals surface area contributed by atoms with Gasteiger partial charge in [-0.25, -0.2) is 9.78 Å². The van der Waals surface area contributed by atoms with Crippen molar-refractivity contribution in [1.29, 1.82) is 5.26 Å². The van der Waals surface area contributed by atoms with Crippen LogP contribution in [0, 0.1) is 11.3 Å². The molecular formula is C25H27N7O6S2. The summed E-state index contributed by atoms with van der Waals surface area (Å²) in [5.74, 6) is -2.72. The minimum absolute atomic E-state index is 0.0927. The first kappa shape index (κ1) is 27.7. The van der Waals surface area contributed by atoms with Crippen molar-refractivity contribution in [2.45, 2.75) is 62.5 Å². The fourth-order valence-electron chi connectivity index (χ4n) is 5.26. The second-order valence-corrected chi connectivity index (χ2v) is 11.6. The highest BCUT2D eigenvalue weighted by molar-refractivity contribution is 8.00. The summed E-state index contributed by atoms with van der Waals surface area (Å²) in [4.78, 5) is 62.3. The van der Waals surface area contributed by atoms with Gasteiger partial charge in [0.15, 0.2) is 10.8 Å². The number of carboxylic acid groups (broad SMARTS) is 1. The van der Waals surface area contributed by atoms with Crippen molar-refractivity contribution < 1.29 is 29.1 Å². The van der Waals surface area contributed by atoms with Crippen LogP contribution in [0.2, 0.25) is 0 Å². The van der Waals surface area contributed by atoms with Gasteiger partial charge in [-0.05, 0) is 49.7 Å². The van der Waals surface area contributed by atoms with Crippen molar-refractivity contribution in [1.82, 2.24) is 20.5 Å². The number of amides is 3. The zero-order chi connectivity index (χ0) is 28.4. The van der Waals surface area contributed by atoms with E-state index in [2.05, 4.69) is 20.8 Å². The van der Waals surface area contributed by atoms with Gasteiger partial charge < -0.3 is 26.3 Å². The van der Waals surface area contributed by atoms with Gasteiger partial charge in [-0.15, -0.1) is 23.1 Å².